The molecule has 0 amide bonds. The average molecular weight is 972 g/mol. The third-order valence-corrected chi connectivity index (χ3v) is 15.4. The molecule has 11 aromatic rings. The Balaban J connectivity index is 0.997. The summed E-state index contributed by atoms with van der Waals surface area (Å²) in [5.74, 6) is 0. The van der Waals surface area contributed by atoms with Gasteiger partial charge in [0, 0.05) is 17.1 Å². The minimum absolute atomic E-state index is 0.579. The van der Waals surface area contributed by atoms with Gasteiger partial charge < -0.3 is 4.90 Å². The number of aryl methyl sites for hydroxylation is 2. The molecular weight excluding hydrogens is 915 g/mol. The standard InChI is InChI=1S/C75H57N/c1-6-53-21-27-56(28-22-53)61-45-62(57-29-23-54(7-2)24-30-57)47-63(46-61)59-33-37-66(38-34-59)75(73-15-11-9-13-71(73)72-14-10-12-16-74(72)75)67-39-35-60(36-40-67)65-48-64(58-31-25-55(8-3)26-32-58)49-70(50-65)76(68-41-17-51(4)18-42-68)69-43-19-52(5)20-44-69/h6-50H,1-3H2,4-5H3. The Morgan fingerprint density at radius 2 is 0.579 bits per heavy atom. The number of nitrogens with zero attached hydrogens (tertiary/aromatic N) is 1. The fourth-order valence-electron chi connectivity index (χ4n) is 11.3. The second-order valence-corrected chi connectivity index (χ2v) is 20.0. The summed E-state index contributed by atoms with van der Waals surface area (Å²) in [5.41, 5.74) is 27.5. The molecule has 0 bridgehead atoms. The van der Waals surface area contributed by atoms with E-state index < -0.39 is 5.41 Å². The number of fused-ring (bicyclic) bond motifs is 3. The van der Waals surface area contributed by atoms with Crippen LogP contribution in [-0.2, 0) is 5.41 Å². The highest BCUT2D eigenvalue weighted by Gasteiger charge is 2.46. The summed E-state index contributed by atoms with van der Waals surface area (Å²) in [6.45, 7) is 16.3. The van der Waals surface area contributed by atoms with Gasteiger partial charge in [0.05, 0.1) is 5.41 Å². The Bertz CT molecular complexity index is 3770. The van der Waals surface area contributed by atoms with E-state index in [0.29, 0.717) is 0 Å². The Morgan fingerprint density at radius 3 is 0.895 bits per heavy atom. The second-order valence-electron chi connectivity index (χ2n) is 20.0. The molecule has 0 atom stereocenters. The zero-order valence-electron chi connectivity index (χ0n) is 43.0. The summed E-state index contributed by atoms with van der Waals surface area (Å²) in [6, 6.07) is 94.4. The Labute approximate surface area is 448 Å². The van der Waals surface area contributed by atoms with Crippen molar-refractivity contribution in [3.63, 3.8) is 0 Å². The topological polar surface area (TPSA) is 3.24 Å². The molecule has 0 saturated carbocycles. The highest BCUT2D eigenvalue weighted by Crippen LogP contribution is 2.56. The smallest absolute Gasteiger partial charge is 0.0713 e. The molecule has 0 fully saturated rings. The number of rotatable bonds is 13. The molecule has 0 N–H and O–H groups in total. The molecule has 362 valence electrons. The lowest BCUT2D eigenvalue weighted by Crippen LogP contribution is -2.28. The minimum Gasteiger partial charge on any atom is -0.310 e. The molecule has 1 aliphatic rings. The van der Waals surface area contributed by atoms with E-state index in [1.54, 1.807) is 0 Å². The molecule has 0 saturated heterocycles. The molecule has 0 aliphatic heterocycles. The first-order valence-corrected chi connectivity index (χ1v) is 26.1. The van der Waals surface area contributed by atoms with Gasteiger partial charge in [0.25, 0.3) is 0 Å². The van der Waals surface area contributed by atoms with Gasteiger partial charge in [-0.1, -0.05) is 243 Å². The predicted octanol–water partition coefficient (Wildman–Crippen LogP) is 20.4. The first-order chi connectivity index (χ1) is 37.3. The fourth-order valence-corrected chi connectivity index (χ4v) is 11.3. The second kappa shape index (κ2) is 20.0. The molecule has 0 unspecified atom stereocenters. The zero-order chi connectivity index (χ0) is 51.8. The van der Waals surface area contributed by atoms with E-state index >= 15 is 0 Å². The van der Waals surface area contributed by atoms with Crippen LogP contribution in [0, 0.1) is 13.8 Å². The minimum atomic E-state index is -0.579. The van der Waals surface area contributed by atoms with Crippen LogP contribution in [0.3, 0.4) is 0 Å². The van der Waals surface area contributed by atoms with E-state index in [-0.39, 0.29) is 0 Å². The van der Waals surface area contributed by atoms with Gasteiger partial charge in [0.15, 0.2) is 0 Å². The number of hydrogen-bond donors (Lipinski definition) is 0. The molecule has 12 rings (SSSR count). The normalized spacial score (nSPS) is 12.1. The van der Waals surface area contributed by atoms with E-state index in [0.717, 1.165) is 89.4 Å². The molecule has 0 spiro atoms. The Hall–Kier alpha value is -9.56. The maximum atomic E-state index is 4.03. The largest absolute Gasteiger partial charge is 0.310 e. The van der Waals surface area contributed by atoms with Crippen LogP contribution in [0.5, 0.6) is 0 Å². The summed E-state index contributed by atoms with van der Waals surface area (Å²) in [5, 5.41) is 0. The summed E-state index contributed by atoms with van der Waals surface area (Å²) >= 11 is 0. The first kappa shape index (κ1) is 47.4. The lowest BCUT2D eigenvalue weighted by Gasteiger charge is -2.34. The van der Waals surface area contributed by atoms with Gasteiger partial charge in [-0.05, 0) is 180 Å². The van der Waals surface area contributed by atoms with Crippen molar-refractivity contribution in [1.82, 2.24) is 0 Å². The van der Waals surface area contributed by atoms with E-state index in [4.69, 9.17) is 0 Å². The number of hydrogen-bond acceptors (Lipinski definition) is 1. The van der Waals surface area contributed by atoms with Gasteiger partial charge in [0.1, 0.15) is 0 Å². The first-order valence-electron chi connectivity index (χ1n) is 26.1. The molecule has 1 nitrogen and oxygen atoms in total. The maximum absolute atomic E-state index is 4.03. The molecular formula is C75H57N. The van der Waals surface area contributed by atoms with Crippen LogP contribution in [0.1, 0.15) is 50.1 Å². The average Bonchev–Trinajstić information content (AvgIpc) is 3.87. The summed E-state index contributed by atoms with van der Waals surface area (Å²) in [7, 11) is 0. The number of anilines is 3. The monoisotopic (exact) mass is 971 g/mol. The third-order valence-electron chi connectivity index (χ3n) is 15.4. The third kappa shape index (κ3) is 8.72. The molecule has 0 radical (unpaired) electrons. The SMILES string of the molecule is C=Cc1ccc(-c2cc(-c3ccc(C=C)cc3)cc(-c3ccc(C4(c5ccc(-c6cc(-c7ccc(C=C)cc7)cc(N(c7ccc(C)cc7)c7ccc(C)cc7)c6)cc5)c5ccccc5-c5ccccc54)cc3)c2)cc1. The fraction of sp³-hybridized carbons (Fsp3) is 0.0400. The van der Waals surface area contributed by atoms with Crippen LogP contribution in [0.15, 0.2) is 275 Å². The van der Waals surface area contributed by atoms with Gasteiger partial charge in [-0.2, -0.15) is 0 Å². The van der Waals surface area contributed by atoms with Gasteiger partial charge in [-0.15, -0.1) is 0 Å². The predicted molar refractivity (Wildman–Crippen MR) is 325 cm³/mol. The molecule has 1 aliphatic carbocycles. The van der Waals surface area contributed by atoms with Gasteiger partial charge in [-0.3, -0.25) is 0 Å². The highest BCUT2D eigenvalue weighted by molar-refractivity contribution is 5.89. The summed E-state index contributed by atoms with van der Waals surface area (Å²) < 4.78 is 0. The van der Waals surface area contributed by atoms with Crippen molar-refractivity contribution in [3.8, 4) is 66.8 Å². The summed E-state index contributed by atoms with van der Waals surface area (Å²) in [4.78, 5) is 2.38. The van der Waals surface area contributed by atoms with Gasteiger partial charge in [-0.25, -0.2) is 0 Å². The quantitative estimate of drug-likeness (QED) is 0.111. The van der Waals surface area contributed by atoms with Gasteiger partial charge >= 0.3 is 0 Å². The van der Waals surface area contributed by atoms with E-state index in [9.17, 15) is 0 Å². The molecule has 1 heteroatoms. The van der Waals surface area contributed by atoms with Crippen LogP contribution in [0.4, 0.5) is 17.1 Å². The lowest BCUT2D eigenvalue weighted by atomic mass is 9.67. The van der Waals surface area contributed by atoms with E-state index in [1.807, 2.05) is 18.2 Å². The number of benzene rings is 11. The molecule has 0 aromatic heterocycles. The van der Waals surface area contributed by atoms with Crippen molar-refractivity contribution in [2.75, 3.05) is 4.90 Å². The lowest BCUT2D eigenvalue weighted by molar-refractivity contribution is 0.769. The van der Waals surface area contributed by atoms with Crippen molar-refractivity contribution >= 4 is 35.3 Å². The molecule has 11 aromatic carbocycles. The molecule has 0 heterocycles. The van der Waals surface area contributed by atoms with Crippen molar-refractivity contribution in [1.29, 1.82) is 0 Å². The van der Waals surface area contributed by atoms with E-state index in [1.165, 1.54) is 44.5 Å². The zero-order valence-corrected chi connectivity index (χ0v) is 43.0. The molecule has 76 heavy (non-hydrogen) atoms. The van der Waals surface area contributed by atoms with Crippen LogP contribution < -0.4 is 4.90 Å². The highest BCUT2D eigenvalue weighted by atomic mass is 15.1. The Morgan fingerprint density at radius 1 is 0.289 bits per heavy atom. The van der Waals surface area contributed by atoms with Crippen LogP contribution in [0.25, 0.3) is 85.0 Å². The van der Waals surface area contributed by atoms with E-state index in [2.05, 4.69) is 293 Å². The summed E-state index contributed by atoms with van der Waals surface area (Å²) in [6.07, 6.45) is 5.68. The van der Waals surface area contributed by atoms with Crippen molar-refractivity contribution < 1.29 is 0 Å². The van der Waals surface area contributed by atoms with Crippen LogP contribution >= 0.6 is 0 Å². The van der Waals surface area contributed by atoms with Crippen LogP contribution in [0.2, 0.25) is 0 Å². The van der Waals surface area contributed by atoms with Gasteiger partial charge in [0.2, 0.25) is 0 Å². The van der Waals surface area contributed by atoms with Crippen molar-refractivity contribution in [3.05, 3.63) is 325 Å². The van der Waals surface area contributed by atoms with Crippen LogP contribution in [-0.4, -0.2) is 0 Å². The van der Waals surface area contributed by atoms with Crippen molar-refractivity contribution in [2.45, 2.75) is 19.3 Å². The maximum Gasteiger partial charge on any atom is 0.0713 e. The van der Waals surface area contributed by atoms with Crippen molar-refractivity contribution in [2.24, 2.45) is 0 Å². The Kier molecular flexibility index (Phi) is 12.5.